The number of carboxylic acids is 1. The Balaban J connectivity index is 2.29. The van der Waals surface area contributed by atoms with Crippen LogP contribution < -0.4 is 0 Å². The monoisotopic (exact) mass is 208 g/mol. The Labute approximate surface area is 88.9 Å². The van der Waals surface area contributed by atoms with Gasteiger partial charge in [0.05, 0.1) is 6.42 Å². The first-order valence-corrected chi connectivity index (χ1v) is 5.41. The van der Waals surface area contributed by atoms with Crippen molar-refractivity contribution in [3.05, 3.63) is 18.2 Å². The topological polar surface area (TPSA) is 55.1 Å². The molecule has 1 aromatic rings. The molecule has 0 radical (unpaired) electrons. The molecule has 0 aromatic carbocycles. The second-order valence-corrected chi connectivity index (χ2v) is 4.24. The minimum atomic E-state index is -0.722. The minimum absolute atomic E-state index is 0.189. The Morgan fingerprint density at radius 1 is 1.67 bits per heavy atom. The maximum atomic E-state index is 10.9. The van der Waals surface area contributed by atoms with E-state index in [1.165, 1.54) is 0 Å². The van der Waals surface area contributed by atoms with E-state index in [4.69, 9.17) is 5.11 Å². The molecule has 82 valence electrons. The van der Waals surface area contributed by atoms with Crippen LogP contribution in [-0.4, -0.2) is 20.6 Å². The van der Waals surface area contributed by atoms with Gasteiger partial charge in [0.2, 0.25) is 0 Å². The summed E-state index contributed by atoms with van der Waals surface area (Å²) in [5, 5.41) is 8.94. The quantitative estimate of drug-likeness (QED) is 0.820. The highest BCUT2D eigenvalue weighted by molar-refractivity contribution is 5.69. The molecule has 0 aliphatic heterocycles. The van der Waals surface area contributed by atoms with Gasteiger partial charge in [-0.3, -0.25) is 4.79 Å². The molecule has 2 rings (SSSR count). The standard InChI is InChI=1S/C11H16N2O2/c1-2-13-7-6-12-10(13)11(4-3-5-11)8-9(14)15/h6-7H,2-5,8H2,1H3,(H,14,15). The van der Waals surface area contributed by atoms with Gasteiger partial charge < -0.3 is 9.67 Å². The van der Waals surface area contributed by atoms with Crippen molar-refractivity contribution in [2.24, 2.45) is 0 Å². The van der Waals surface area contributed by atoms with Crippen LogP contribution in [0.5, 0.6) is 0 Å². The van der Waals surface area contributed by atoms with Gasteiger partial charge in [-0.25, -0.2) is 4.98 Å². The number of nitrogens with zero attached hydrogens (tertiary/aromatic N) is 2. The Bertz CT molecular complexity index is 366. The number of imidazole rings is 1. The van der Waals surface area contributed by atoms with E-state index in [0.717, 1.165) is 31.6 Å². The van der Waals surface area contributed by atoms with Crippen LogP contribution in [0.2, 0.25) is 0 Å². The van der Waals surface area contributed by atoms with Gasteiger partial charge in [-0.15, -0.1) is 0 Å². The molecular formula is C11H16N2O2. The second kappa shape index (κ2) is 3.68. The van der Waals surface area contributed by atoms with E-state index < -0.39 is 5.97 Å². The Kier molecular flexibility index (Phi) is 2.50. The normalized spacial score (nSPS) is 18.5. The molecule has 1 saturated carbocycles. The predicted molar refractivity (Wildman–Crippen MR) is 55.7 cm³/mol. The maximum Gasteiger partial charge on any atom is 0.304 e. The van der Waals surface area contributed by atoms with Crippen LogP contribution in [0.25, 0.3) is 0 Å². The molecule has 0 spiro atoms. The summed E-state index contributed by atoms with van der Waals surface area (Å²) in [4.78, 5) is 15.2. The Morgan fingerprint density at radius 3 is 2.87 bits per heavy atom. The van der Waals surface area contributed by atoms with Crippen LogP contribution in [0.15, 0.2) is 12.4 Å². The number of aliphatic carboxylic acids is 1. The van der Waals surface area contributed by atoms with Crippen molar-refractivity contribution in [1.82, 2.24) is 9.55 Å². The zero-order valence-corrected chi connectivity index (χ0v) is 8.94. The van der Waals surface area contributed by atoms with Crippen LogP contribution in [0.4, 0.5) is 0 Å². The lowest BCUT2D eigenvalue weighted by atomic mass is 9.66. The van der Waals surface area contributed by atoms with Crippen molar-refractivity contribution < 1.29 is 9.90 Å². The van der Waals surface area contributed by atoms with Gasteiger partial charge in [0.25, 0.3) is 0 Å². The van der Waals surface area contributed by atoms with E-state index in [9.17, 15) is 4.79 Å². The molecule has 1 fully saturated rings. The fourth-order valence-electron chi connectivity index (χ4n) is 2.40. The van der Waals surface area contributed by atoms with Crippen molar-refractivity contribution in [1.29, 1.82) is 0 Å². The molecule has 1 aliphatic carbocycles. The maximum absolute atomic E-state index is 10.9. The number of carboxylic acid groups (broad SMARTS) is 1. The zero-order chi connectivity index (χ0) is 10.9. The van der Waals surface area contributed by atoms with Crippen LogP contribution in [0, 0.1) is 0 Å². The average molecular weight is 208 g/mol. The first-order chi connectivity index (χ1) is 7.18. The number of aromatic nitrogens is 2. The van der Waals surface area contributed by atoms with E-state index in [0.29, 0.717) is 0 Å². The molecule has 1 aromatic heterocycles. The van der Waals surface area contributed by atoms with Gasteiger partial charge in [-0.1, -0.05) is 6.42 Å². The summed E-state index contributed by atoms with van der Waals surface area (Å²) < 4.78 is 2.06. The number of aryl methyl sites for hydroxylation is 1. The average Bonchev–Trinajstić information content (AvgIpc) is 2.58. The molecule has 15 heavy (non-hydrogen) atoms. The molecule has 0 saturated heterocycles. The van der Waals surface area contributed by atoms with Crippen molar-refractivity contribution in [3.8, 4) is 0 Å². The van der Waals surface area contributed by atoms with Crippen LogP contribution in [0.3, 0.4) is 0 Å². The van der Waals surface area contributed by atoms with Crippen molar-refractivity contribution in [3.63, 3.8) is 0 Å². The van der Waals surface area contributed by atoms with Gasteiger partial charge in [0.15, 0.2) is 0 Å². The third-order valence-corrected chi connectivity index (χ3v) is 3.33. The lowest BCUT2D eigenvalue weighted by Gasteiger charge is -2.40. The largest absolute Gasteiger partial charge is 0.481 e. The van der Waals surface area contributed by atoms with Gasteiger partial charge in [-0.05, 0) is 19.8 Å². The Morgan fingerprint density at radius 2 is 2.40 bits per heavy atom. The molecule has 1 aliphatic rings. The predicted octanol–water partition coefficient (Wildman–Crippen LogP) is 1.80. The van der Waals surface area contributed by atoms with E-state index in [2.05, 4.69) is 16.5 Å². The van der Waals surface area contributed by atoms with Gasteiger partial charge in [0, 0.05) is 24.4 Å². The first kappa shape index (κ1) is 10.2. The summed E-state index contributed by atoms with van der Waals surface area (Å²) in [6, 6.07) is 0. The molecule has 1 N–H and O–H groups in total. The number of rotatable bonds is 4. The van der Waals surface area contributed by atoms with Crippen LogP contribution in [-0.2, 0) is 16.8 Å². The van der Waals surface area contributed by atoms with Crippen molar-refractivity contribution >= 4 is 5.97 Å². The SMILES string of the molecule is CCn1ccnc1C1(CC(=O)O)CCC1. The molecular weight excluding hydrogens is 192 g/mol. The summed E-state index contributed by atoms with van der Waals surface area (Å²) in [5.74, 6) is 0.235. The highest BCUT2D eigenvalue weighted by Crippen LogP contribution is 2.45. The van der Waals surface area contributed by atoms with Gasteiger partial charge >= 0.3 is 5.97 Å². The molecule has 0 amide bonds. The van der Waals surface area contributed by atoms with Gasteiger partial charge in [-0.2, -0.15) is 0 Å². The van der Waals surface area contributed by atoms with Crippen molar-refractivity contribution in [2.45, 2.75) is 44.6 Å². The molecule has 0 bridgehead atoms. The summed E-state index contributed by atoms with van der Waals surface area (Å²) in [6.45, 7) is 2.91. The van der Waals surface area contributed by atoms with Crippen molar-refractivity contribution in [2.75, 3.05) is 0 Å². The number of hydrogen-bond donors (Lipinski definition) is 1. The fraction of sp³-hybridized carbons (Fsp3) is 0.636. The molecule has 4 heteroatoms. The number of carbonyl (C=O) groups is 1. The molecule has 1 heterocycles. The minimum Gasteiger partial charge on any atom is -0.481 e. The van der Waals surface area contributed by atoms with Crippen LogP contribution >= 0.6 is 0 Å². The fourth-order valence-corrected chi connectivity index (χ4v) is 2.40. The third-order valence-electron chi connectivity index (χ3n) is 3.33. The third kappa shape index (κ3) is 1.64. The van der Waals surface area contributed by atoms with Gasteiger partial charge in [0.1, 0.15) is 5.82 Å². The molecule has 0 unspecified atom stereocenters. The van der Waals surface area contributed by atoms with E-state index >= 15 is 0 Å². The summed E-state index contributed by atoms with van der Waals surface area (Å²) in [5.41, 5.74) is -0.189. The summed E-state index contributed by atoms with van der Waals surface area (Å²) in [7, 11) is 0. The highest BCUT2D eigenvalue weighted by atomic mass is 16.4. The summed E-state index contributed by atoms with van der Waals surface area (Å²) >= 11 is 0. The molecule has 4 nitrogen and oxygen atoms in total. The van der Waals surface area contributed by atoms with E-state index in [1.807, 2.05) is 6.20 Å². The zero-order valence-electron chi connectivity index (χ0n) is 8.94. The Hall–Kier alpha value is -1.32. The molecule has 0 atom stereocenters. The second-order valence-electron chi connectivity index (χ2n) is 4.24. The highest BCUT2D eigenvalue weighted by Gasteiger charge is 2.43. The smallest absolute Gasteiger partial charge is 0.304 e. The van der Waals surface area contributed by atoms with Crippen LogP contribution in [0.1, 0.15) is 38.4 Å². The lowest BCUT2D eigenvalue weighted by molar-refractivity contribution is -0.139. The van der Waals surface area contributed by atoms with E-state index in [1.54, 1.807) is 6.20 Å². The summed E-state index contributed by atoms with van der Waals surface area (Å²) in [6.07, 6.45) is 6.93. The van der Waals surface area contributed by atoms with E-state index in [-0.39, 0.29) is 11.8 Å². The number of hydrogen-bond acceptors (Lipinski definition) is 2. The first-order valence-electron chi connectivity index (χ1n) is 5.41. The lowest BCUT2D eigenvalue weighted by Crippen LogP contribution is -2.39.